The monoisotopic (exact) mass is 393 g/mol. The van der Waals surface area contributed by atoms with Crippen molar-refractivity contribution in [3.8, 4) is 0 Å². The van der Waals surface area contributed by atoms with Gasteiger partial charge in [0.1, 0.15) is 0 Å². The molecule has 6 nitrogen and oxygen atoms in total. The number of rotatable bonds is 6. The molecule has 0 aromatic heterocycles. The molecule has 4 rings (SSSR count). The molecule has 0 bridgehead atoms. The molecule has 0 unspecified atom stereocenters. The van der Waals surface area contributed by atoms with E-state index in [0.717, 1.165) is 43.7 Å². The van der Waals surface area contributed by atoms with Crippen LogP contribution in [0.15, 0.2) is 54.6 Å². The number of carbonyl (C=O) groups is 2. The van der Waals surface area contributed by atoms with E-state index >= 15 is 0 Å². The average molecular weight is 393 g/mol. The van der Waals surface area contributed by atoms with E-state index in [2.05, 4.69) is 5.32 Å². The molecule has 2 aliphatic heterocycles. The summed E-state index contributed by atoms with van der Waals surface area (Å²) in [5.74, 6) is -0.132. The molecule has 0 radical (unpaired) electrons. The Morgan fingerprint density at radius 3 is 2.72 bits per heavy atom. The van der Waals surface area contributed by atoms with Gasteiger partial charge >= 0.3 is 6.03 Å². The summed E-state index contributed by atoms with van der Waals surface area (Å²) in [6.07, 6.45) is 3.04. The van der Waals surface area contributed by atoms with E-state index in [9.17, 15) is 9.59 Å². The number of urea groups is 1. The molecular formula is C23H27N3O3. The fraction of sp³-hybridized carbons (Fsp3) is 0.391. The zero-order valence-corrected chi connectivity index (χ0v) is 16.5. The Kier molecular flexibility index (Phi) is 6.10. The molecule has 2 saturated heterocycles. The zero-order valence-electron chi connectivity index (χ0n) is 16.5. The lowest BCUT2D eigenvalue weighted by atomic mass is 10.1. The number of nitrogens with zero attached hydrogens (tertiary/aromatic N) is 2. The minimum absolute atomic E-state index is 0.0167. The first-order chi connectivity index (χ1) is 14.2. The van der Waals surface area contributed by atoms with Crippen LogP contribution in [0.3, 0.4) is 0 Å². The molecule has 2 aliphatic rings. The van der Waals surface area contributed by atoms with Gasteiger partial charge in [-0.15, -0.1) is 0 Å². The van der Waals surface area contributed by atoms with E-state index in [1.807, 2.05) is 47.4 Å². The first-order valence-electron chi connectivity index (χ1n) is 10.3. The second-order valence-electron chi connectivity index (χ2n) is 7.59. The van der Waals surface area contributed by atoms with E-state index in [0.29, 0.717) is 25.2 Å². The Hall–Kier alpha value is -2.86. The Balaban J connectivity index is 1.42. The molecule has 0 spiro atoms. The maximum Gasteiger partial charge on any atom is 0.324 e. The van der Waals surface area contributed by atoms with Gasteiger partial charge in [-0.05, 0) is 43.0 Å². The van der Waals surface area contributed by atoms with Gasteiger partial charge in [-0.25, -0.2) is 4.79 Å². The Labute approximate surface area is 171 Å². The van der Waals surface area contributed by atoms with Gasteiger partial charge in [-0.3, -0.25) is 9.69 Å². The van der Waals surface area contributed by atoms with Crippen molar-refractivity contribution in [1.82, 2.24) is 10.2 Å². The highest BCUT2D eigenvalue weighted by molar-refractivity contribution is 5.98. The van der Waals surface area contributed by atoms with Crippen molar-refractivity contribution in [2.45, 2.75) is 31.9 Å². The molecule has 1 N–H and O–H groups in total. The smallest absolute Gasteiger partial charge is 0.324 e. The van der Waals surface area contributed by atoms with Crippen molar-refractivity contribution < 1.29 is 14.3 Å². The van der Waals surface area contributed by atoms with Gasteiger partial charge in [0.25, 0.3) is 5.91 Å². The minimum Gasteiger partial charge on any atom is -0.376 e. The van der Waals surface area contributed by atoms with Crippen LogP contribution in [-0.2, 0) is 11.3 Å². The van der Waals surface area contributed by atoms with Crippen LogP contribution in [0.1, 0.15) is 35.2 Å². The normalized spacial score (nSPS) is 19.4. The molecule has 3 amide bonds. The first-order valence-corrected chi connectivity index (χ1v) is 10.3. The van der Waals surface area contributed by atoms with Crippen LogP contribution in [-0.4, -0.2) is 49.2 Å². The van der Waals surface area contributed by atoms with Gasteiger partial charge in [-0.2, -0.15) is 0 Å². The summed E-state index contributed by atoms with van der Waals surface area (Å²) in [6, 6.07) is 17.3. The van der Waals surface area contributed by atoms with Crippen LogP contribution in [0.25, 0.3) is 0 Å². The average Bonchev–Trinajstić information content (AvgIpc) is 3.28. The maximum absolute atomic E-state index is 13.0. The van der Waals surface area contributed by atoms with Crippen LogP contribution in [0.2, 0.25) is 0 Å². The number of anilines is 1. The lowest BCUT2D eigenvalue weighted by Gasteiger charge is -2.35. The van der Waals surface area contributed by atoms with Gasteiger partial charge in [-0.1, -0.05) is 36.4 Å². The SMILES string of the molecule is O=C(NC[C@@H]1CCCO1)c1cccc(N2CCCN(Cc3ccccc3)C2=O)c1. The third kappa shape index (κ3) is 4.77. The number of nitrogens with one attached hydrogen (secondary N) is 1. The highest BCUT2D eigenvalue weighted by atomic mass is 16.5. The predicted molar refractivity (Wildman–Crippen MR) is 112 cm³/mol. The molecule has 2 aromatic carbocycles. The standard InChI is InChI=1S/C23H27N3O3/c27-22(24-16-21-11-5-14-29-21)19-9-4-10-20(15-19)26-13-6-12-25(23(26)28)17-18-7-2-1-3-8-18/h1-4,7-10,15,21H,5-6,11-14,16-17H2,(H,24,27)/t21-/m0/s1. The number of benzene rings is 2. The lowest BCUT2D eigenvalue weighted by molar-refractivity contribution is 0.0857. The van der Waals surface area contributed by atoms with Gasteiger partial charge in [0.2, 0.25) is 0 Å². The molecule has 0 saturated carbocycles. The predicted octanol–water partition coefficient (Wildman–Crippen LogP) is 3.43. The number of ether oxygens (including phenoxy) is 1. The zero-order chi connectivity index (χ0) is 20.1. The van der Waals surface area contributed by atoms with Crippen molar-refractivity contribution in [1.29, 1.82) is 0 Å². The van der Waals surface area contributed by atoms with Gasteiger partial charge in [0, 0.05) is 44.0 Å². The summed E-state index contributed by atoms with van der Waals surface area (Å²) in [6.45, 7) is 3.29. The van der Waals surface area contributed by atoms with E-state index < -0.39 is 0 Å². The highest BCUT2D eigenvalue weighted by Crippen LogP contribution is 2.23. The van der Waals surface area contributed by atoms with Crippen molar-refractivity contribution >= 4 is 17.6 Å². The third-order valence-electron chi connectivity index (χ3n) is 5.46. The lowest BCUT2D eigenvalue weighted by Crippen LogP contribution is -2.49. The summed E-state index contributed by atoms with van der Waals surface area (Å²) in [7, 11) is 0. The fourth-order valence-corrected chi connectivity index (χ4v) is 3.90. The van der Waals surface area contributed by atoms with E-state index in [-0.39, 0.29) is 18.0 Å². The minimum atomic E-state index is -0.132. The first kappa shape index (κ1) is 19.5. The Morgan fingerprint density at radius 2 is 1.93 bits per heavy atom. The second-order valence-corrected chi connectivity index (χ2v) is 7.59. The van der Waals surface area contributed by atoms with Crippen molar-refractivity contribution in [3.63, 3.8) is 0 Å². The molecule has 2 fully saturated rings. The summed E-state index contributed by atoms with van der Waals surface area (Å²) in [5, 5.41) is 2.95. The molecule has 2 aromatic rings. The van der Waals surface area contributed by atoms with E-state index in [4.69, 9.17) is 4.74 Å². The van der Waals surface area contributed by atoms with Crippen molar-refractivity contribution in [2.24, 2.45) is 0 Å². The van der Waals surface area contributed by atoms with E-state index in [1.165, 1.54) is 0 Å². The molecule has 152 valence electrons. The summed E-state index contributed by atoms with van der Waals surface area (Å²) < 4.78 is 5.56. The Bertz CT molecular complexity index is 849. The van der Waals surface area contributed by atoms with E-state index in [1.54, 1.807) is 17.0 Å². The van der Waals surface area contributed by atoms with Crippen LogP contribution in [0, 0.1) is 0 Å². The largest absolute Gasteiger partial charge is 0.376 e. The van der Waals surface area contributed by atoms with Gasteiger partial charge < -0.3 is 15.0 Å². The van der Waals surface area contributed by atoms with Crippen molar-refractivity contribution in [3.05, 3.63) is 65.7 Å². The third-order valence-corrected chi connectivity index (χ3v) is 5.46. The molecule has 1 atom stereocenters. The van der Waals surface area contributed by atoms with Gasteiger partial charge in [0.15, 0.2) is 0 Å². The number of hydrogen-bond acceptors (Lipinski definition) is 3. The summed E-state index contributed by atoms with van der Waals surface area (Å²) in [5.41, 5.74) is 2.44. The number of carbonyl (C=O) groups excluding carboxylic acids is 2. The van der Waals surface area contributed by atoms with Crippen LogP contribution >= 0.6 is 0 Å². The molecular weight excluding hydrogens is 366 g/mol. The summed E-state index contributed by atoms with van der Waals surface area (Å²) in [4.78, 5) is 29.2. The van der Waals surface area contributed by atoms with Gasteiger partial charge in [0.05, 0.1) is 6.10 Å². The molecule has 0 aliphatic carbocycles. The quantitative estimate of drug-likeness (QED) is 0.818. The number of hydrogen-bond donors (Lipinski definition) is 1. The Morgan fingerprint density at radius 1 is 1.07 bits per heavy atom. The molecule has 6 heteroatoms. The molecule has 29 heavy (non-hydrogen) atoms. The van der Waals surface area contributed by atoms with Crippen LogP contribution in [0.4, 0.5) is 10.5 Å². The second kappa shape index (κ2) is 9.09. The topological polar surface area (TPSA) is 61.9 Å². The van der Waals surface area contributed by atoms with Crippen LogP contribution < -0.4 is 10.2 Å². The fourth-order valence-electron chi connectivity index (χ4n) is 3.90. The van der Waals surface area contributed by atoms with Crippen LogP contribution in [0.5, 0.6) is 0 Å². The summed E-state index contributed by atoms with van der Waals surface area (Å²) >= 11 is 0. The molecule has 2 heterocycles. The highest BCUT2D eigenvalue weighted by Gasteiger charge is 2.27. The maximum atomic E-state index is 13.0. The number of amides is 3. The van der Waals surface area contributed by atoms with Crippen molar-refractivity contribution in [2.75, 3.05) is 31.1 Å².